The summed E-state index contributed by atoms with van der Waals surface area (Å²) in [5.41, 5.74) is 3.02. The van der Waals surface area contributed by atoms with Gasteiger partial charge < -0.3 is 14.2 Å². The number of benzene rings is 1. The van der Waals surface area contributed by atoms with Gasteiger partial charge in [0.15, 0.2) is 5.65 Å². The standard InChI is InChI=1S/C22H26N4O2/c1-3-21(27)25-12-9-17(10-13-25)26-20(24-19-8-5-11-23-22(19)26)15-16-6-4-7-18(14-16)28-2/h4-8,11,14,17H,3,9-10,12-13,15H2,1-2H3. The summed E-state index contributed by atoms with van der Waals surface area (Å²) in [6.45, 7) is 3.51. The lowest BCUT2D eigenvalue weighted by Crippen LogP contribution is -2.39. The van der Waals surface area contributed by atoms with Crippen molar-refractivity contribution in [2.45, 2.75) is 38.6 Å². The number of carbonyl (C=O) groups is 1. The van der Waals surface area contributed by atoms with Crippen LogP contribution >= 0.6 is 0 Å². The fourth-order valence-corrected chi connectivity index (χ4v) is 4.05. The van der Waals surface area contributed by atoms with Crippen molar-refractivity contribution in [1.29, 1.82) is 0 Å². The van der Waals surface area contributed by atoms with Crippen LogP contribution in [0.1, 0.15) is 43.6 Å². The summed E-state index contributed by atoms with van der Waals surface area (Å²) in [7, 11) is 1.68. The van der Waals surface area contributed by atoms with Gasteiger partial charge in [-0.3, -0.25) is 4.79 Å². The van der Waals surface area contributed by atoms with E-state index in [1.807, 2.05) is 42.3 Å². The molecule has 2 aromatic heterocycles. The van der Waals surface area contributed by atoms with Crippen molar-refractivity contribution < 1.29 is 9.53 Å². The largest absolute Gasteiger partial charge is 0.497 e. The van der Waals surface area contributed by atoms with Crippen LogP contribution < -0.4 is 4.74 Å². The molecule has 1 saturated heterocycles. The monoisotopic (exact) mass is 378 g/mol. The van der Waals surface area contributed by atoms with Crippen LogP contribution in [0.15, 0.2) is 42.6 Å². The number of rotatable bonds is 5. The molecule has 28 heavy (non-hydrogen) atoms. The average Bonchev–Trinajstić information content (AvgIpc) is 3.11. The fraction of sp³-hybridized carbons (Fsp3) is 0.409. The molecule has 0 N–H and O–H groups in total. The summed E-state index contributed by atoms with van der Waals surface area (Å²) >= 11 is 0. The molecule has 1 fully saturated rings. The lowest BCUT2D eigenvalue weighted by atomic mass is 10.0. The van der Waals surface area contributed by atoms with E-state index in [2.05, 4.69) is 21.7 Å². The summed E-state index contributed by atoms with van der Waals surface area (Å²) in [5.74, 6) is 2.11. The van der Waals surface area contributed by atoms with Crippen LogP contribution in [0.25, 0.3) is 11.2 Å². The number of nitrogens with zero attached hydrogens (tertiary/aromatic N) is 4. The number of methoxy groups -OCH3 is 1. The number of likely N-dealkylation sites (tertiary alicyclic amines) is 1. The third kappa shape index (κ3) is 3.59. The number of pyridine rings is 1. The van der Waals surface area contributed by atoms with Crippen LogP contribution in [0.2, 0.25) is 0 Å². The predicted octanol–water partition coefficient (Wildman–Crippen LogP) is 3.60. The van der Waals surface area contributed by atoms with Gasteiger partial charge in [-0.15, -0.1) is 0 Å². The second kappa shape index (κ2) is 8.00. The molecule has 0 radical (unpaired) electrons. The van der Waals surface area contributed by atoms with E-state index < -0.39 is 0 Å². The number of hydrogen-bond donors (Lipinski definition) is 0. The zero-order valence-electron chi connectivity index (χ0n) is 16.5. The van der Waals surface area contributed by atoms with E-state index in [0.717, 1.165) is 60.7 Å². The predicted molar refractivity (Wildman–Crippen MR) is 108 cm³/mol. The first-order chi connectivity index (χ1) is 13.7. The smallest absolute Gasteiger partial charge is 0.222 e. The second-order valence-electron chi connectivity index (χ2n) is 7.24. The van der Waals surface area contributed by atoms with Crippen molar-refractivity contribution in [3.05, 3.63) is 54.0 Å². The molecule has 1 aliphatic rings. The highest BCUT2D eigenvalue weighted by molar-refractivity contribution is 5.76. The van der Waals surface area contributed by atoms with Crippen molar-refractivity contribution in [2.75, 3.05) is 20.2 Å². The van der Waals surface area contributed by atoms with E-state index >= 15 is 0 Å². The van der Waals surface area contributed by atoms with Crippen LogP contribution in [0, 0.1) is 0 Å². The molecule has 0 bridgehead atoms. The van der Waals surface area contributed by atoms with E-state index in [-0.39, 0.29) is 5.91 Å². The van der Waals surface area contributed by atoms with Gasteiger partial charge in [0.2, 0.25) is 5.91 Å². The number of carbonyl (C=O) groups excluding carboxylic acids is 1. The van der Waals surface area contributed by atoms with Gasteiger partial charge in [0.05, 0.1) is 7.11 Å². The van der Waals surface area contributed by atoms with Crippen molar-refractivity contribution in [3.63, 3.8) is 0 Å². The molecule has 4 rings (SSSR count). The first-order valence-corrected chi connectivity index (χ1v) is 9.92. The third-order valence-electron chi connectivity index (χ3n) is 5.50. The minimum Gasteiger partial charge on any atom is -0.497 e. The van der Waals surface area contributed by atoms with Crippen LogP contribution in [0.5, 0.6) is 5.75 Å². The Kier molecular flexibility index (Phi) is 5.28. The molecule has 0 unspecified atom stereocenters. The Bertz CT molecular complexity index is 974. The summed E-state index contributed by atoms with van der Waals surface area (Å²) < 4.78 is 7.66. The van der Waals surface area contributed by atoms with Gasteiger partial charge in [-0.25, -0.2) is 9.97 Å². The number of fused-ring (bicyclic) bond motifs is 1. The molecular weight excluding hydrogens is 352 g/mol. The number of hydrogen-bond acceptors (Lipinski definition) is 4. The molecule has 146 valence electrons. The van der Waals surface area contributed by atoms with Crippen LogP contribution in [-0.2, 0) is 11.2 Å². The molecule has 1 aliphatic heterocycles. The molecule has 3 aromatic rings. The Morgan fingerprint density at radius 3 is 2.79 bits per heavy atom. The molecule has 0 aliphatic carbocycles. The van der Waals surface area contributed by atoms with Crippen molar-refractivity contribution in [2.24, 2.45) is 0 Å². The third-order valence-corrected chi connectivity index (χ3v) is 5.50. The van der Waals surface area contributed by atoms with E-state index in [1.54, 1.807) is 7.11 Å². The van der Waals surface area contributed by atoms with Crippen molar-refractivity contribution >= 4 is 17.1 Å². The van der Waals surface area contributed by atoms with Crippen molar-refractivity contribution in [3.8, 4) is 5.75 Å². The lowest BCUT2D eigenvalue weighted by Gasteiger charge is -2.33. The maximum Gasteiger partial charge on any atom is 0.222 e. The van der Waals surface area contributed by atoms with Crippen LogP contribution in [0.4, 0.5) is 0 Å². The van der Waals surface area contributed by atoms with Gasteiger partial charge >= 0.3 is 0 Å². The number of imidazole rings is 1. The molecular formula is C22H26N4O2. The maximum absolute atomic E-state index is 12.0. The molecule has 0 saturated carbocycles. The van der Waals surface area contributed by atoms with Gasteiger partial charge in [-0.1, -0.05) is 19.1 Å². The first kappa shape index (κ1) is 18.5. The van der Waals surface area contributed by atoms with Gasteiger partial charge in [0.1, 0.15) is 17.1 Å². The summed E-state index contributed by atoms with van der Waals surface area (Å²) in [5, 5.41) is 0. The second-order valence-corrected chi connectivity index (χ2v) is 7.24. The number of piperidine rings is 1. The zero-order valence-corrected chi connectivity index (χ0v) is 16.5. The average molecular weight is 378 g/mol. The molecule has 0 spiro atoms. The van der Waals surface area contributed by atoms with E-state index in [1.165, 1.54) is 0 Å². The minimum atomic E-state index is 0.240. The Hall–Kier alpha value is -2.89. The summed E-state index contributed by atoms with van der Waals surface area (Å²) in [6, 6.07) is 12.4. The Labute approximate surface area is 165 Å². The maximum atomic E-state index is 12.0. The minimum absolute atomic E-state index is 0.240. The molecule has 6 heteroatoms. The van der Waals surface area contributed by atoms with Gasteiger partial charge in [0.25, 0.3) is 0 Å². The van der Waals surface area contributed by atoms with E-state index in [9.17, 15) is 4.79 Å². The molecule has 3 heterocycles. The quantitative estimate of drug-likeness (QED) is 0.681. The molecule has 0 atom stereocenters. The number of amides is 1. The number of ether oxygens (including phenoxy) is 1. The molecule has 1 amide bonds. The van der Waals surface area contributed by atoms with Gasteiger partial charge in [0, 0.05) is 38.2 Å². The Morgan fingerprint density at radius 1 is 1.21 bits per heavy atom. The highest BCUT2D eigenvalue weighted by Gasteiger charge is 2.26. The lowest BCUT2D eigenvalue weighted by molar-refractivity contribution is -0.132. The Morgan fingerprint density at radius 2 is 2.04 bits per heavy atom. The van der Waals surface area contributed by atoms with Gasteiger partial charge in [-0.2, -0.15) is 0 Å². The SMILES string of the molecule is CCC(=O)N1CCC(n2c(Cc3cccc(OC)c3)nc3cccnc32)CC1. The highest BCUT2D eigenvalue weighted by atomic mass is 16.5. The normalized spacial score (nSPS) is 15.1. The topological polar surface area (TPSA) is 60.2 Å². The zero-order chi connectivity index (χ0) is 19.5. The van der Waals surface area contributed by atoms with Crippen LogP contribution in [0.3, 0.4) is 0 Å². The van der Waals surface area contributed by atoms with Crippen LogP contribution in [-0.4, -0.2) is 45.5 Å². The summed E-state index contributed by atoms with van der Waals surface area (Å²) in [6.07, 6.45) is 4.98. The van der Waals surface area contributed by atoms with Crippen molar-refractivity contribution in [1.82, 2.24) is 19.4 Å². The first-order valence-electron chi connectivity index (χ1n) is 9.92. The number of aromatic nitrogens is 3. The summed E-state index contributed by atoms with van der Waals surface area (Å²) in [4.78, 5) is 23.5. The van der Waals surface area contributed by atoms with E-state index in [4.69, 9.17) is 9.72 Å². The fourth-order valence-electron chi connectivity index (χ4n) is 4.05. The highest BCUT2D eigenvalue weighted by Crippen LogP contribution is 2.29. The Balaban J connectivity index is 1.65. The van der Waals surface area contributed by atoms with Gasteiger partial charge in [-0.05, 0) is 42.7 Å². The molecule has 6 nitrogen and oxygen atoms in total. The molecule has 1 aromatic carbocycles. The van der Waals surface area contributed by atoms with E-state index in [0.29, 0.717) is 12.5 Å².